The fourth-order valence-corrected chi connectivity index (χ4v) is 2.63. The van der Waals surface area contributed by atoms with Crippen molar-refractivity contribution in [2.75, 3.05) is 31.2 Å². The van der Waals surface area contributed by atoms with Crippen molar-refractivity contribution in [1.82, 2.24) is 10.2 Å². The summed E-state index contributed by atoms with van der Waals surface area (Å²) >= 11 is 5.23. The Bertz CT molecular complexity index is 472. The minimum absolute atomic E-state index is 0.406. The number of hydrogen-bond donors (Lipinski definition) is 1. The largest absolute Gasteiger partial charge is 0.389 e. The Morgan fingerprint density at radius 1 is 1.26 bits per heavy atom. The van der Waals surface area contributed by atoms with E-state index in [1.165, 1.54) is 0 Å². The van der Waals surface area contributed by atoms with Crippen molar-refractivity contribution in [2.45, 2.75) is 26.7 Å². The number of ether oxygens (including phenoxy) is 1. The molecule has 2 N–H and O–H groups in total. The van der Waals surface area contributed by atoms with Crippen molar-refractivity contribution in [1.29, 1.82) is 0 Å². The Labute approximate surface area is 119 Å². The van der Waals surface area contributed by atoms with Gasteiger partial charge >= 0.3 is 0 Å². The van der Waals surface area contributed by atoms with E-state index in [2.05, 4.69) is 28.9 Å². The first-order chi connectivity index (χ1) is 9.19. The molecule has 0 aromatic carbocycles. The molecular weight excluding hydrogens is 260 g/mol. The van der Waals surface area contributed by atoms with Gasteiger partial charge < -0.3 is 15.4 Å². The van der Waals surface area contributed by atoms with Crippen LogP contribution in [0, 0.1) is 0 Å². The molecule has 1 fully saturated rings. The highest BCUT2D eigenvalue weighted by atomic mass is 32.1. The summed E-state index contributed by atoms with van der Waals surface area (Å²) < 4.78 is 5.37. The molecule has 1 aliphatic rings. The van der Waals surface area contributed by atoms with Gasteiger partial charge in [0.15, 0.2) is 5.82 Å². The van der Waals surface area contributed by atoms with Crippen molar-refractivity contribution in [2.24, 2.45) is 5.73 Å². The second-order valence-electron chi connectivity index (χ2n) is 4.49. The summed E-state index contributed by atoms with van der Waals surface area (Å²) in [4.78, 5) is 2.56. The van der Waals surface area contributed by atoms with Gasteiger partial charge in [-0.2, -0.15) is 5.10 Å². The van der Waals surface area contributed by atoms with E-state index in [9.17, 15) is 0 Å². The molecule has 6 heteroatoms. The average molecular weight is 280 g/mol. The van der Waals surface area contributed by atoms with Crippen LogP contribution >= 0.6 is 12.2 Å². The molecule has 1 aliphatic heterocycles. The van der Waals surface area contributed by atoms with Crippen molar-refractivity contribution in [3.05, 3.63) is 16.8 Å². The maximum absolute atomic E-state index is 5.93. The van der Waals surface area contributed by atoms with Crippen LogP contribution in [0.25, 0.3) is 0 Å². The third kappa shape index (κ3) is 2.84. The predicted octanol–water partition coefficient (Wildman–Crippen LogP) is 1.07. The normalized spacial score (nSPS) is 15.6. The standard InChI is InChI=1S/C13H20N4OS/c1-3-9-10(4-2)15-16-13(11(9)12(14)19)17-5-7-18-8-6-17/h3-8H2,1-2H3,(H2,14,19). The lowest BCUT2D eigenvalue weighted by Crippen LogP contribution is -2.38. The molecule has 0 saturated carbocycles. The zero-order valence-electron chi connectivity index (χ0n) is 11.5. The van der Waals surface area contributed by atoms with Gasteiger partial charge in [0.1, 0.15) is 4.99 Å². The molecule has 1 aromatic heterocycles. The lowest BCUT2D eigenvalue weighted by atomic mass is 10.0. The highest BCUT2D eigenvalue weighted by Crippen LogP contribution is 2.24. The number of anilines is 1. The lowest BCUT2D eigenvalue weighted by Gasteiger charge is -2.29. The van der Waals surface area contributed by atoms with Gasteiger partial charge in [-0.05, 0) is 18.4 Å². The molecule has 19 heavy (non-hydrogen) atoms. The number of rotatable bonds is 4. The molecule has 2 heterocycles. The summed E-state index contributed by atoms with van der Waals surface area (Å²) in [6.45, 7) is 7.19. The van der Waals surface area contributed by atoms with Crippen LogP contribution in [0.2, 0.25) is 0 Å². The number of thiocarbonyl (C=S) groups is 1. The van der Waals surface area contributed by atoms with Crippen molar-refractivity contribution < 1.29 is 4.74 Å². The number of nitrogens with two attached hydrogens (primary N) is 1. The highest BCUT2D eigenvalue weighted by Gasteiger charge is 2.22. The number of hydrogen-bond acceptors (Lipinski definition) is 5. The highest BCUT2D eigenvalue weighted by molar-refractivity contribution is 7.80. The zero-order valence-corrected chi connectivity index (χ0v) is 12.3. The molecule has 1 saturated heterocycles. The second-order valence-corrected chi connectivity index (χ2v) is 4.93. The van der Waals surface area contributed by atoms with E-state index in [1.54, 1.807) is 0 Å². The summed E-state index contributed by atoms with van der Waals surface area (Å²) in [6.07, 6.45) is 1.71. The molecule has 0 spiro atoms. The number of aromatic nitrogens is 2. The third-order valence-corrected chi connectivity index (χ3v) is 3.59. The van der Waals surface area contributed by atoms with Gasteiger partial charge in [0.2, 0.25) is 0 Å². The monoisotopic (exact) mass is 280 g/mol. The van der Waals surface area contributed by atoms with E-state index >= 15 is 0 Å². The lowest BCUT2D eigenvalue weighted by molar-refractivity contribution is 0.122. The summed E-state index contributed by atoms with van der Waals surface area (Å²) in [5.41, 5.74) is 8.94. The molecule has 0 atom stereocenters. The molecule has 0 bridgehead atoms. The zero-order chi connectivity index (χ0) is 13.8. The first-order valence-electron chi connectivity index (χ1n) is 6.69. The Morgan fingerprint density at radius 3 is 2.47 bits per heavy atom. The first kappa shape index (κ1) is 14.1. The molecule has 5 nitrogen and oxygen atoms in total. The first-order valence-corrected chi connectivity index (χ1v) is 7.10. The maximum Gasteiger partial charge on any atom is 0.161 e. The van der Waals surface area contributed by atoms with Crippen LogP contribution in [-0.4, -0.2) is 41.5 Å². The van der Waals surface area contributed by atoms with Crippen LogP contribution in [0.4, 0.5) is 5.82 Å². The summed E-state index contributed by atoms with van der Waals surface area (Å²) in [5.74, 6) is 0.810. The van der Waals surface area contributed by atoms with E-state index < -0.39 is 0 Å². The molecular formula is C13H20N4OS. The van der Waals surface area contributed by atoms with Crippen molar-refractivity contribution in [3.8, 4) is 0 Å². The van der Waals surface area contributed by atoms with E-state index in [1.807, 2.05) is 0 Å². The summed E-state index contributed by atoms with van der Waals surface area (Å²) in [7, 11) is 0. The SMILES string of the molecule is CCc1nnc(N2CCOCC2)c(C(N)=S)c1CC. The average Bonchev–Trinajstić information content (AvgIpc) is 2.46. The van der Waals surface area contributed by atoms with E-state index in [0.717, 1.165) is 48.6 Å². The maximum atomic E-state index is 5.93. The van der Waals surface area contributed by atoms with Crippen LogP contribution in [0.5, 0.6) is 0 Å². The predicted molar refractivity (Wildman–Crippen MR) is 79.7 cm³/mol. The van der Waals surface area contributed by atoms with E-state index in [4.69, 9.17) is 22.7 Å². The van der Waals surface area contributed by atoms with Crippen molar-refractivity contribution in [3.63, 3.8) is 0 Å². The van der Waals surface area contributed by atoms with Crippen LogP contribution in [0.3, 0.4) is 0 Å². The summed E-state index contributed by atoms with van der Waals surface area (Å²) in [6, 6.07) is 0. The molecule has 0 aliphatic carbocycles. The summed E-state index contributed by atoms with van der Waals surface area (Å²) in [5, 5.41) is 8.69. The van der Waals surface area contributed by atoms with Gasteiger partial charge in [-0.25, -0.2) is 0 Å². The molecule has 104 valence electrons. The van der Waals surface area contributed by atoms with Crippen LogP contribution in [0.1, 0.15) is 30.7 Å². The molecule has 1 aromatic rings. The number of morpholine rings is 1. The number of nitrogens with zero attached hydrogens (tertiary/aromatic N) is 3. The van der Waals surface area contributed by atoms with Gasteiger partial charge in [-0.1, -0.05) is 26.1 Å². The van der Waals surface area contributed by atoms with Gasteiger partial charge in [0.05, 0.1) is 24.5 Å². The quantitative estimate of drug-likeness (QED) is 0.832. The third-order valence-electron chi connectivity index (χ3n) is 3.38. The van der Waals surface area contributed by atoms with Gasteiger partial charge in [-0.3, -0.25) is 0 Å². The van der Waals surface area contributed by atoms with Crippen LogP contribution in [-0.2, 0) is 17.6 Å². The number of aryl methyl sites for hydroxylation is 1. The van der Waals surface area contributed by atoms with Gasteiger partial charge in [0, 0.05) is 13.1 Å². The van der Waals surface area contributed by atoms with Crippen molar-refractivity contribution >= 4 is 23.0 Å². The van der Waals surface area contributed by atoms with E-state index in [0.29, 0.717) is 18.2 Å². The van der Waals surface area contributed by atoms with Crippen LogP contribution in [0.15, 0.2) is 0 Å². The Balaban J connectivity index is 2.50. The fraction of sp³-hybridized carbons (Fsp3) is 0.615. The van der Waals surface area contributed by atoms with Gasteiger partial charge in [-0.15, -0.1) is 5.10 Å². The topological polar surface area (TPSA) is 64.3 Å². The smallest absolute Gasteiger partial charge is 0.161 e. The van der Waals surface area contributed by atoms with Gasteiger partial charge in [0.25, 0.3) is 0 Å². The molecule has 2 rings (SSSR count). The molecule has 0 amide bonds. The minimum Gasteiger partial charge on any atom is -0.389 e. The molecule has 0 radical (unpaired) electrons. The Hall–Kier alpha value is -1.27. The van der Waals surface area contributed by atoms with E-state index in [-0.39, 0.29) is 0 Å². The Morgan fingerprint density at radius 2 is 1.95 bits per heavy atom. The minimum atomic E-state index is 0.406. The van der Waals surface area contributed by atoms with Crippen LogP contribution < -0.4 is 10.6 Å². The Kier molecular flexibility index (Phi) is 4.66. The molecule has 0 unspecified atom stereocenters. The fourth-order valence-electron chi connectivity index (χ4n) is 2.42. The second kappa shape index (κ2) is 6.25.